The quantitative estimate of drug-likeness (QED) is 0.500. The summed E-state index contributed by atoms with van der Waals surface area (Å²) in [5, 5.41) is 4.07. The van der Waals surface area contributed by atoms with Crippen molar-refractivity contribution in [3.05, 3.63) is 63.4 Å². The molecule has 196 valence electrons. The summed E-state index contributed by atoms with van der Waals surface area (Å²) < 4.78 is 38.2. The second-order valence-electron chi connectivity index (χ2n) is 10.5. The SMILES string of the molecule is COC(=O)c1ccccc1S(=O)(=O)N1CCC(c2nc(-c3cc4c([nH]c3=O)CC(C)(C)CC4)no2)CC1. The number of aromatic amines is 1. The first kappa shape index (κ1) is 25.3. The van der Waals surface area contributed by atoms with Gasteiger partial charge in [0.2, 0.25) is 21.7 Å². The standard InChI is InChI=1S/C26H30N4O6S/c1-26(2)11-8-17-14-19(23(31)27-20(17)15-26)22-28-24(36-29-22)16-9-12-30(13-10-16)37(33,34)21-7-5-4-6-18(21)25(32)35-3/h4-7,14,16H,8-13,15H2,1-3H3,(H,27,31). The number of sulfonamides is 1. The Kier molecular flexibility index (Phi) is 6.53. The molecule has 1 aliphatic heterocycles. The van der Waals surface area contributed by atoms with Crippen LogP contribution in [0.3, 0.4) is 0 Å². The third-order valence-corrected chi connectivity index (χ3v) is 9.29. The number of fused-ring (bicyclic) bond motifs is 1. The van der Waals surface area contributed by atoms with Crippen molar-refractivity contribution in [3.8, 4) is 11.4 Å². The average Bonchev–Trinajstić information content (AvgIpc) is 3.37. The number of piperidine rings is 1. The van der Waals surface area contributed by atoms with Crippen molar-refractivity contribution < 1.29 is 22.5 Å². The summed E-state index contributed by atoms with van der Waals surface area (Å²) in [6.07, 6.45) is 3.67. The molecule has 10 nitrogen and oxygen atoms in total. The van der Waals surface area contributed by atoms with Gasteiger partial charge in [-0.3, -0.25) is 4.79 Å². The van der Waals surface area contributed by atoms with Crippen LogP contribution in [0.4, 0.5) is 0 Å². The monoisotopic (exact) mass is 526 g/mol. The Hall–Kier alpha value is -3.31. The summed E-state index contributed by atoms with van der Waals surface area (Å²) in [5.41, 5.74) is 2.37. The highest BCUT2D eigenvalue weighted by molar-refractivity contribution is 7.89. The second-order valence-corrected chi connectivity index (χ2v) is 12.4. The largest absolute Gasteiger partial charge is 0.465 e. The summed E-state index contributed by atoms with van der Waals surface area (Å²) >= 11 is 0. The van der Waals surface area contributed by atoms with Gasteiger partial charge in [-0.2, -0.15) is 9.29 Å². The van der Waals surface area contributed by atoms with Gasteiger partial charge in [-0.05, 0) is 61.3 Å². The Morgan fingerprint density at radius 3 is 2.68 bits per heavy atom. The van der Waals surface area contributed by atoms with E-state index in [1.54, 1.807) is 12.1 Å². The van der Waals surface area contributed by atoms with E-state index in [4.69, 9.17) is 9.26 Å². The second kappa shape index (κ2) is 9.53. The van der Waals surface area contributed by atoms with Gasteiger partial charge >= 0.3 is 5.97 Å². The zero-order chi connectivity index (χ0) is 26.4. The van der Waals surface area contributed by atoms with Crippen LogP contribution < -0.4 is 5.56 Å². The first-order valence-corrected chi connectivity index (χ1v) is 13.8. The molecule has 0 bridgehead atoms. The van der Waals surface area contributed by atoms with Crippen LogP contribution in [-0.2, 0) is 27.6 Å². The van der Waals surface area contributed by atoms with E-state index < -0.39 is 16.0 Å². The van der Waals surface area contributed by atoms with Gasteiger partial charge in [0.05, 0.1) is 23.1 Å². The lowest BCUT2D eigenvalue weighted by molar-refractivity contribution is 0.0596. The number of nitrogens with one attached hydrogen (secondary N) is 1. The maximum Gasteiger partial charge on any atom is 0.339 e. The molecule has 3 aromatic rings. The Labute approximate surface area is 215 Å². The number of H-pyrrole nitrogens is 1. The zero-order valence-electron chi connectivity index (χ0n) is 21.1. The van der Waals surface area contributed by atoms with E-state index in [9.17, 15) is 18.0 Å². The number of ether oxygens (including phenoxy) is 1. The number of nitrogens with zero attached hydrogens (tertiary/aromatic N) is 3. The topological polar surface area (TPSA) is 135 Å². The first-order chi connectivity index (χ1) is 17.6. The molecule has 0 amide bonds. The summed E-state index contributed by atoms with van der Waals surface area (Å²) in [6.45, 7) is 4.86. The molecule has 37 heavy (non-hydrogen) atoms. The molecule has 11 heteroatoms. The van der Waals surface area contributed by atoms with Gasteiger partial charge in [-0.15, -0.1) is 0 Å². The summed E-state index contributed by atoms with van der Waals surface area (Å²) in [7, 11) is -2.68. The molecular weight excluding hydrogens is 496 g/mol. The molecule has 0 atom stereocenters. The number of rotatable bonds is 5. The van der Waals surface area contributed by atoms with Crippen molar-refractivity contribution in [2.24, 2.45) is 5.41 Å². The Morgan fingerprint density at radius 2 is 1.95 bits per heavy atom. The van der Waals surface area contributed by atoms with Crippen molar-refractivity contribution in [2.45, 2.75) is 56.8 Å². The van der Waals surface area contributed by atoms with Crippen molar-refractivity contribution >= 4 is 16.0 Å². The van der Waals surface area contributed by atoms with E-state index in [-0.39, 0.29) is 46.3 Å². The van der Waals surface area contributed by atoms with E-state index >= 15 is 0 Å². The predicted molar refractivity (Wildman–Crippen MR) is 135 cm³/mol. The summed E-state index contributed by atoms with van der Waals surface area (Å²) in [5.74, 6) is -0.208. The molecule has 5 rings (SSSR count). The molecule has 1 N–H and O–H groups in total. The lowest BCUT2D eigenvalue weighted by Gasteiger charge is -2.30. The van der Waals surface area contributed by atoms with Gasteiger partial charge in [0.1, 0.15) is 0 Å². The van der Waals surface area contributed by atoms with Crippen molar-refractivity contribution in [1.29, 1.82) is 0 Å². The average molecular weight is 527 g/mol. The van der Waals surface area contributed by atoms with Crippen molar-refractivity contribution in [1.82, 2.24) is 19.4 Å². The molecule has 1 aromatic carbocycles. The number of hydrogen-bond acceptors (Lipinski definition) is 8. The van der Waals surface area contributed by atoms with Gasteiger partial charge in [-0.25, -0.2) is 13.2 Å². The molecule has 1 fully saturated rings. The van der Waals surface area contributed by atoms with Gasteiger partial charge < -0.3 is 14.2 Å². The summed E-state index contributed by atoms with van der Waals surface area (Å²) in [4.78, 5) is 32.3. The molecular formula is C26H30N4O6S. The Morgan fingerprint density at radius 1 is 1.22 bits per heavy atom. The van der Waals surface area contributed by atoms with Crippen LogP contribution in [0.25, 0.3) is 11.4 Å². The number of aromatic nitrogens is 3. The van der Waals surface area contributed by atoms with Gasteiger partial charge in [0.15, 0.2) is 0 Å². The normalized spacial score (nSPS) is 18.4. The molecule has 1 aliphatic carbocycles. The highest BCUT2D eigenvalue weighted by Crippen LogP contribution is 2.35. The molecule has 0 unspecified atom stereocenters. The third kappa shape index (κ3) is 4.85. The number of carbonyl (C=O) groups excluding carboxylic acids is 1. The lowest BCUT2D eigenvalue weighted by Crippen LogP contribution is -2.38. The molecule has 0 spiro atoms. The predicted octanol–water partition coefficient (Wildman–Crippen LogP) is 3.29. The minimum Gasteiger partial charge on any atom is -0.465 e. The van der Waals surface area contributed by atoms with Crippen LogP contribution in [-0.4, -0.2) is 54.0 Å². The number of aryl methyl sites for hydroxylation is 1. The molecule has 2 aliphatic rings. The molecule has 2 aromatic heterocycles. The van der Waals surface area contributed by atoms with Crippen LogP contribution in [0.15, 0.2) is 44.5 Å². The van der Waals surface area contributed by atoms with E-state index in [2.05, 4.69) is 29.0 Å². The van der Waals surface area contributed by atoms with Gasteiger partial charge in [0, 0.05) is 24.7 Å². The Bertz CT molecular complexity index is 1500. The zero-order valence-corrected chi connectivity index (χ0v) is 21.9. The van der Waals surface area contributed by atoms with E-state index in [0.29, 0.717) is 24.3 Å². The Balaban J connectivity index is 1.31. The molecule has 0 saturated carbocycles. The molecule has 0 radical (unpaired) electrons. The number of pyridine rings is 1. The number of hydrogen-bond donors (Lipinski definition) is 1. The van der Waals surface area contributed by atoms with Crippen LogP contribution >= 0.6 is 0 Å². The van der Waals surface area contributed by atoms with Crippen molar-refractivity contribution in [3.63, 3.8) is 0 Å². The fraction of sp³-hybridized carbons (Fsp3) is 0.462. The third-order valence-electron chi connectivity index (χ3n) is 7.34. The highest BCUT2D eigenvalue weighted by atomic mass is 32.2. The van der Waals surface area contributed by atoms with E-state index in [1.165, 1.54) is 23.5 Å². The fourth-order valence-electron chi connectivity index (χ4n) is 5.16. The summed E-state index contributed by atoms with van der Waals surface area (Å²) in [6, 6.07) is 7.89. The number of esters is 1. The number of methoxy groups -OCH3 is 1. The van der Waals surface area contributed by atoms with Crippen LogP contribution in [0, 0.1) is 5.41 Å². The maximum absolute atomic E-state index is 13.3. The maximum atomic E-state index is 13.3. The van der Waals surface area contributed by atoms with E-state index in [1.807, 2.05) is 6.07 Å². The number of carbonyl (C=O) groups is 1. The van der Waals surface area contributed by atoms with Crippen LogP contribution in [0.5, 0.6) is 0 Å². The lowest BCUT2D eigenvalue weighted by atomic mass is 9.76. The fourth-order valence-corrected chi connectivity index (χ4v) is 6.81. The smallest absolute Gasteiger partial charge is 0.339 e. The van der Waals surface area contributed by atoms with E-state index in [0.717, 1.165) is 30.5 Å². The minimum atomic E-state index is -3.89. The van der Waals surface area contributed by atoms with Gasteiger partial charge in [0.25, 0.3) is 5.56 Å². The van der Waals surface area contributed by atoms with Gasteiger partial charge in [-0.1, -0.05) is 31.1 Å². The highest BCUT2D eigenvalue weighted by Gasteiger charge is 2.35. The van der Waals surface area contributed by atoms with Crippen LogP contribution in [0.2, 0.25) is 0 Å². The number of benzene rings is 1. The first-order valence-electron chi connectivity index (χ1n) is 12.4. The molecule has 1 saturated heterocycles. The van der Waals surface area contributed by atoms with Crippen molar-refractivity contribution in [2.75, 3.05) is 20.2 Å². The molecule has 3 heterocycles. The van der Waals surface area contributed by atoms with Crippen LogP contribution in [0.1, 0.15) is 66.5 Å². The minimum absolute atomic E-state index is 0.00695.